The summed E-state index contributed by atoms with van der Waals surface area (Å²) in [5.74, 6) is 1.52. The van der Waals surface area contributed by atoms with Crippen LogP contribution in [0.5, 0.6) is 5.75 Å². The first-order chi connectivity index (χ1) is 16.1. The molecule has 1 saturated heterocycles. The predicted molar refractivity (Wildman–Crippen MR) is 127 cm³/mol. The summed E-state index contributed by atoms with van der Waals surface area (Å²) in [4.78, 5) is 19.9. The monoisotopic (exact) mass is 444 g/mol. The third-order valence-electron chi connectivity index (χ3n) is 6.58. The lowest BCUT2D eigenvalue weighted by Crippen LogP contribution is -2.43. The highest BCUT2D eigenvalue weighted by Gasteiger charge is 2.48. The Labute approximate surface area is 193 Å². The SMILES string of the molecule is COc1cccc(CNC(=O)C2OC3(CCN(c4cc(N)ccn4)CC3)c3ccccc32)c1. The lowest BCUT2D eigenvalue weighted by Gasteiger charge is -2.40. The fourth-order valence-electron chi connectivity index (χ4n) is 4.84. The predicted octanol–water partition coefficient (Wildman–Crippen LogP) is 3.56. The highest BCUT2D eigenvalue weighted by atomic mass is 16.5. The molecule has 0 aliphatic carbocycles. The van der Waals surface area contributed by atoms with E-state index in [1.165, 1.54) is 0 Å². The number of amides is 1. The number of pyridine rings is 1. The zero-order chi connectivity index (χ0) is 22.8. The van der Waals surface area contributed by atoms with Crippen molar-refractivity contribution in [3.8, 4) is 5.75 Å². The number of nitrogen functional groups attached to an aromatic ring is 1. The van der Waals surface area contributed by atoms with Crippen LogP contribution in [-0.4, -0.2) is 31.1 Å². The topological polar surface area (TPSA) is 89.7 Å². The zero-order valence-corrected chi connectivity index (χ0v) is 18.7. The van der Waals surface area contributed by atoms with Gasteiger partial charge in [0.15, 0.2) is 6.10 Å². The van der Waals surface area contributed by atoms with Gasteiger partial charge in [0, 0.05) is 37.6 Å². The van der Waals surface area contributed by atoms with E-state index in [4.69, 9.17) is 15.2 Å². The van der Waals surface area contributed by atoms with E-state index >= 15 is 0 Å². The molecule has 1 aromatic heterocycles. The van der Waals surface area contributed by atoms with Gasteiger partial charge in [-0.1, -0.05) is 36.4 Å². The van der Waals surface area contributed by atoms with Crippen LogP contribution in [0.25, 0.3) is 0 Å². The van der Waals surface area contributed by atoms with Crippen molar-refractivity contribution in [2.24, 2.45) is 0 Å². The van der Waals surface area contributed by atoms with Gasteiger partial charge < -0.3 is 25.4 Å². The molecule has 3 heterocycles. The number of rotatable bonds is 5. The summed E-state index contributed by atoms with van der Waals surface area (Å²) >= 11 is 0. The average molecular weight is 445 g/mol. The Kier molecular flexibility index (Phi) is 5.64. The van der Waals surface area contributed by atoms with Crippen molar-refractivity contribution in [2.75, 3.05) is 30.8 Å². The molecule has 170 valence electrons. The molecule has 7 nitrogen and oxygen atoms in total. The van der Waals surface area contributed by atoms with Gasteiger partial charge in [0.2, 0.25) is 0 Å². The number of hydrogen-bond donors (Lipinski definition) is 2. The third-order valence-corrected chi connectivity index (χ3v) is 6.58. The van der Waals surface area contributed by atoms with E-state index in [0.717, 1.165) is 54.2 Å². The van der Waals surface area contributed by atoms with Gasteiger partial charge in [-0.3, -0.25) is 4.79 Å². The van der Waals surface area contributed by atoms with Gasteiger partial charge in [0.1, 0.15) is 11.6 Å². The fourth-order valence-corrected chi connectivity index (χ4v) is 4.84. The van der Waals surface area contributed by atoms with Gasteiger partial charge in [0.05, 0.1) is 12.7 Å². The number of methoxy groups -OCH3 is 1. The molecule has 1 unspecified atom stereocenters. The molecule has 1 amide bonds. The molecule has 2 aliphatic rings. The van der Waals surface area contributed by atoms with Crippen molar-refractivity contribution in [3.05, 3.63) is 83.6 Å². The van der Waals surface area contributed by atoms with Crippen LogP contribution in [0, 0.1) is 0 Å². The quantitative estimate of drug-likeness (QED) is 0.626. The molecule has 1 fully saturated rings. The van der Waals surface area contributed by atoms with Crippen molar-refractivity contribution >= 4 is 17.4 Å². The largest absolute Gasteiger partial charge is 0.497 e. The van der Waals surface area contributed by atoms with E-state index in [9.17, 15) is 4.79 Å². The Morgan fingerprint density at radius 2 is 2.00 bits per heavy atom. The molecular weight excluding hydrogens is 416 g/mol. The molecule has 5 rings (SSSR count). The van der Waals surface area contributed by atoms with E-state index in [1.807, 2.05) is 48.5 Å². The van der Waals surface area contributed by atoms with Gasteiger partial charge in [-0.05, 0) is 47.7 Å². The van der Waals surface area contributed by atoms with E-state index in [2.05, 4.69) is 21.3 Å². The minimum atomic E-state index is -0.621. The summed E-state index contributed by atoms with van der Waals surface area (Å²) < 4.78 is 11.8. The molecule has 2 aromatic carbocycles. The van der Waals surface area contributed by atoms with Crippen molar-refractivity contribution in [2.45, 2.75) is 31.1 Å². The number of carbonyl (C=O) groups excluding carboxylic acids is 1. The van der Waals surface area contributed by atoms with Crippen LogP contribution in [0.15, 0.2) is 66.9 Å². The summed E-state index contributed by atoms with van der Waals surface area (Å²) in [6.07, 6.45) is 2.67. The number of carbonyl (C=O) groups is 1. The summed E-state index contributed by atoms with van der Waals surface area (Å²) in [6.45, 7) is 1.98. The molecule has 0 bridgehead atoms. The normalized spacial score (nSPS) is 18.7. The summed E-state index contributed by atoms with van der Waals surface area (Å²) in [7, 11) is 1.63. The highest BCUT2D eigenvalue weighted by Crippen LogP contribution is 2.49. The first-order valence-corrected chi connectivity index (χ1v) is 11.2. The van der Waals surface area contributed by atoms with Crippen LogP contribution in [0.2, 0.25) is 0 Å². The van der Waals surface area contributed by atoms with Crippen molar-refractivity contribution in [1.82, 2.24) is 10.3 Å². The number of anilines is 2. The molecule has 1 atom stereocenters. The number of nitrogens with one attached hydrogen (secondary N) is 1. The van der Waals surface area contributed by atoms with Crippen LogP contribution >= 0.6 is 0 Å². The highest BCUT2D eigenvalue weighted by molar-refractivity contribution is 5.83. The Morgan fingerprint density at radius 3 is 2.79 bits per heavy atom. The van der Waals surface area contributed by atoms with E-state index in [1.54, 1.807) is 19.4 Å². The molecule has 7 heteroatoms. The third kappa shape index (κ3) is 4.12. The van der Waals surface area contributed by atoms with Crippen molar-refractivity contribution in [1.29, 1.82) is 0 Å². The molecule has 33 heavy (non-hydrogen) atoms. The maximum atomic E-state index is 13.2. The van der Waals surface area contributed by atoms with Gasteiger partial charge >= 0.3 is 0 Å². The minimum absolute atomic E-state index is 0.123. The van der Waals surface area contributed by atoms with E-state index in [-0.39, 0.29) is 5.91 Å². The van der Waals surface area contributed by atoms with Crippen LogP contribution in [0.3, 0.4) is 0 Å². The Bertz CT molecular complexity index is 1160. The second-order valence-corrected chi connectivity index (χ2v) is 8.58. The Balaban J connectivity index is 1.31. The molecule has 0 saturated carbocycles. The van der Waals surface area contributed by atoms with E-state index in [0.29, 0.717) is 12.2 Å². The van der Waals surface area contributed by atoms with Gasteiger partial charge in [-0.25, -0.2) is 4.98 Å². The molecule has 3 N–H and O–H groups in total. The lowest BCUT2D eigenvalue weighted by molar-refractivity contribution is -0.147. The number of nitrogens with two attached hydrogens (primary N) is 1. The minimum Gasteiger partial charge on any atom is -0.497 e. The van der Waals surface area contributed by atoms with Crippen LogP contribution in [0.4, 0.5) is 11.5 Å². The average Bonchev–Trinajstić information content (AvgIpc) is 3.17. The summed E-state index contributed by atoms with van der Waals surface area (Å²) in [5.41, 5.74) is 9.23. The second kappa shape index (κ2) is 8.75. The van der Waals surface area contributed by atoms with Gasteiger partial charge in [0.25, 0.3) is 5.91 Å². The number of piperidine rings is 1. The number of fused-ring (bicyclic) bond motifs is 2. The first-order valence-electron chi connectivity index (χ1n) is 11.2. The number of aromatic nitrogens is 1. The van der Waals surface area contributed by atoms with Crippen molar-refractivity contribution < 1.29 is 14.3 Å². The second-order valence-electron chi connectivity index (χ2n) is 8.58. The smallest absolute Gasteiger partial charge is 0.254 e. The van der Waals surface area contributed by atoms with Gasteiger partial charge in [-0.2, -0.15) is 0 Å². The molecule has 0 radical (unpaired) electrons. The molecule has 2 aliphatic heterocycles. The Morgan fingerprint density at radius 1 is 1.18 bits per heavy atom. The molecular formula is C26H28N4O3. The fraction of sp³-hybridized carbons (Fsp3) is 0.308. The number of benzene rings is 2. The van der Waals surface area contributed by atoms with Crippen LogP contribution in [-0.2, 0) is 21.7 Å². The first kappa shape index (κ1) is 21.3. The van der Waals surface area contributed by atoms with Gasteiger partial charge in [-0.15, -0.1) is 0 Å². The maximum Gasteiger partial charge on any atom is 0.254 e. The van der Waals surface area contributed by atoms with Crippen molar-refractivity contribution in [3.63, 3.8) is 0 Å². The molecule has 3 aromatic rings. The van der Waals surface area contributed by atoms with Crippen LogP contribution in [0.1, 0.15) is 35.6 Å². The van der Waals surface area contributed by atoms with Crippen LogP contribution < -0.4 is 20.7 Å². The Hall–Kier alpha value is -3.58. The summed E-state index contributed by atoms with van der Waals surface area (Å²) in [5, 5.41) is 3.04. The number of nitrogens with zero attached hydrogens (tertiary/aromatic N) is 2. The summed E-state index contributed by atoms with van der Waals surface area (Å²) in [6, 6.07) is 19.5. The number of hydrogen-bond acceptors (Lipinski definition) is 6. The molecule has 1 spiro atoms. The van der Waals surface area contributed by atoms with E-state index < -0.39 is 11.7 Å². The number of ether oxygens (including phenoxy) is 2. The zero-order valence-electron chi connectivity index (χ0n) is 18.7. The standard InChI is InChI=1S/C26H28N4O3/c1-32-20-6-4-5-18(15-20)17-29-25(31)24-21-7-2-3-8-22(21)26(33-24)10-13-30(14-11-26)23-16-19(27)9-12-28-23/h2-9,12,15-16,24H,10-11,13-14,17H2,1H3,(H2,27,28)(H,29,31). The lowest BCUT2D eigenvalue weighted by atomic mass is 9.83. The maximum absolute atomic E-state index is 13.2.